The first-order chi connectivity index (χ1) is 15.4. The number of hydrogen-bond acceptors (Lipinski definition) is 5. The van der Waals surface area contributed by atoms with Crippen molar-refractivity contribution in [1.29, 1.82) is 10.5 Å². The lowest BCUT2D eigenvalue weighted by Gasteiger charge is -2.17. The number of benzene rings is 2. The molecule has 0 amide bonds. The summed E-state index contributed by atoms with van der Waals surface area (Å²) in [5.74, 6) is -1.78. The molecule has 0 aliphatic carbocycles. The molecule has 0 saturated heterocycles. The Morgan fingerprint density at radius 1 is 1.03 bits per heavy atom. The molecule has 1 atom stereocenters. The summed E-state index contributed by atoms with van der Waals surface area (Å²) in [6.45, 7) is 1.75. The average Bonchev–Trinajstić information content (AvgIpc) is 3.38. The molecular weight excluding hydrogens is 465 g/mol. The van der Waals surface area contributed by atoms with Gasteiger partial charge in [0.05, 0.1) is 17.8 Å². The Morgan fingerprint density at radius 2 is 1.62 bits per heavy atom. The summed E-state index contributed by atoms with van der Waals surface area (Å²) in [7, 11) is 0. The third-order valence-electron chi connectivity index (χ3n) is 5.09. The Hall–Kier alpha value is -3.36. The van der Waals surface area contributed by atoms with Gasteiger partial charge in [0.15, 0.2) is 0 Å². The zero-order valence-corrected chi connectivity index (χ0v) is 19.0. The summed E-state index contributed by atoms with van der Waals surface area (Å²) in [6, 6.07) is 18.1. The number of H-pyrrole nitrogens is 1. The second-order valence-corrected chi connectivity index (χ2v) is 8.79. The molecule has 0 fully saturated rings. The van der Waals surface area contributed by atoms with Gasteiger partial charge in [0, 0.05) is 38.2 Å². The minimum absolute atomic E-state index is 0.351. The number of nitrogens with zero attached hydrogens (tertiary/aromatic N) is 4. The van der Waals surface area contributed by atoms with Gasteiger partial charge in [-0.15, -0.1) is 11.3 Å². The number of halogens is 2. The summed E-state index contributed by atoms with van der Waals surface area (Å²) < 4.78 is 1.35. The summed E-state index contributed by atoms with van der Waals surface area (Å²) in [5, 5.41) is 25.7. The largest absolute Gasteiger partial charge is 0.293 e. The van der Waals surface area contributed by atoms with E-state index in [-0.39, 0.29) is 5.56 Å². The molecule has 2 aromatic heterocycles. The number of aromatic nitrogens is 3. The number of thiazole rings is 1. The van der Waals surface area contributed by atoms with Crippen molar-refractivity contribution in [1.82, 2.24) is 14.8 Å². The molecule has 32 heavy (non-hydrogen) atoms. The zero-order valence-electron chi connectivity index (χ0n) is 16.7. The van der Waals surface area contributed by atoms with Crippen LogP contribution in [0.25, 0.3) is 16.4 Å². The van der Waals surface area contributed by atoms with E-state index in [9.17, 15) is 15.3 Å². The summed E-state index contributed by atoms with van der Waals surface area (Å²) in [4.78, 5) is 18.0. The highest BCUT2D eigenvalue weighted by molar-refractivity contribution is 7.12. The highest BCUT2D eigenvalue weighted by atomic mass is 35.5. The first-order valence-corrected chi connectivity index (χ1v) is 11.1. The second kappa shape index (κ2) is 9.02. The molecule has 0 unspecified atom stereocenters. The normalized spacial score (nSPS) is 11.8. The van der Waals surface area contributed by atoms with Crippen LogP contribution in [-0.2, 0) is 0 Å². The van der Waals surface area contributed by atoms with Crippen molar-refractivity contribution in [2.45, 2.75) is 12.8 Å². The van der Waals surface area contributed by atoms with Crippen LogP contribution in [0.1, 0.15) is 22.7 Å². The van der Waals surface area contributed by atoms with Gasteiger partial charge in [-0.05, 0) is 36.8 Å². The van der Waals surface area contributed by atoms with E-state index in [1.165, 1.54) is 16.0 Å². The molecule has 4 aromatic rings. The molecule has 2 aromatic carbocycles. The third-order valence-corrected chi connectivity index (χ3v) is 6.42. The smallest absolute Gasteiger partial charge is 0.277 e. The Kier molecular flexibility index (Phi) is 6.16. The fourth-order valence-corrected chi connectivity index (χ4v) is 4.60. The zero-order chi connectivity index (χ0) is 22.8. The second-order valence-electron chi connectivity index (χ2n) is 7.08. The maximum Gasteiger partial charge on any atom is 0.277 e. The Bertz CT molecular complexity index is 1390. The van der Waals surface area contributed by atoms with Crippen molar-refractivity contribution in [3.63, 3.8) is 0 Å². The molecule has 1 N–H and O–H groups in total. The van der Waals surface area contributed by atoms with Gasteiger partial charge in [-0.2, -0.15) is 15.2 Å². The number of aryl methyl sites for hydroxylation is 1. The molecule has 4 rings (SSSR count). The first-order valence-electron chi connectivity index (χ1n) is 9.51. The highest BCUT2D eigenvalue weighted by Gasteiger charge is 2.31. The van der Waals surface area contributed by atoms with Crippen LogP contribution in [0.4, 0.5) is 0 Å². The van der Waals surface area contributed by atoms with E-state index in [0.29, 0.717) is 37.7 Å². The number of aromatic amines is 1. The van der Waals surface area contributed by atoms with Crippen LogP contribution < -0.4 is 5.56 Å². The molecular formula is C23H15Cl2N5OS. The summed E-state index contributed by atoms with van der Waals surface area (Å²) in [5.41, 5.74) is 2.81. The third kappa shape index (κ3) is 4.06. The Morgan fingerprint density at radius 3 is 2.22 bits per heavy atom. The maximum atomic E-state index is 13.4. The van der Waals surface area contributed by atoms with E-state index < -0.39 is 11.8 Å². The molecule has 9 heteroatoms. The number of nitriles is 2. The molecule has 6 nitrogen and oxygen atoms in total. The first kappa shape index (κ1) is 21.9. The van der Waals surface area contributed by atoms with Crippen LogP contribution in [-0.4, -0.2) is 14.8 Å². The number of rotatable bonds is 5. The van der Waals surface area contributed by atoms with Crippen molar-refractivity contribution >= 4 is 34.5 Å². The van der Waals surface area contributed by atoms with E-state index in [2.05, 4.69) is 10.1 Å². The average molecular weight is 480 g/mol. The van der Waals surface area contributed by atoms with E-state index >= 15 is 0 Å². The maximum absolute atomic E-state index is 13.4. The minimum Gasteiger partial charge on any atom is -0.293 e. The summed E-state index contributed by atoms with van der Waals surface area (Å²) in [6.07, 6.45) is 0. The Labute approximate surface area is 197 Å². The molecule has 2 heterocycles. The van der Waals surface area contributed by atoms with Gasteiger partial charge >= 0.3 is 0 Å². The lowest BCUT2D eigenvalue weighted by molar-refractivity contribution is 0.699. The fourth-order valence-electron chi connectivity index (χ4n) is 3.55. The van der Waals surface area contributed by atoms with Crippen LogP contribution in [0.2, 0.25) is 10.0 Å². The van der Waals surface area contributed by atoms with Crippen LogP contribution in [0.3, 0.4) is 0 Å². The van der Waals surface area contributed by atoms with Crippen molar-refractivity contribution in [2.75, 3.05) is 0 Å². The fraction of sp³-hybridized carbons (Fsp3) is 0.130. The van der Waals surface area contributed by atoms with E-state index in [1.54, 1.807) is 43.3 Å². The molecule has 0 radical (unpaired) electrons. The lowest BCUT2D eigenvalue weighted by atomic mass is 9.82. The van der Waals surface area contributed by atoms with Crippen molar-refractivity contribution in [3.8, 4) is 28.5 Å². The van der Waals surface area contributed by atoms with Crippen molar-refractivity contribution < 1.29 is 0 Å². The van der Waals surface area contributed by atoms with Crippen molar-refractivity contribution in [3.05, 3.63) is 91.1 Å². The molecule has 0 saturated carbocycles. The predicted octanol–water partition coefficient (Wildman–Crippen LogP) is 5.70. The van der Waals surface area contributed by atoms with Gasteiger partial charge in [-0.1, -0.05) is 47.5 Å². The molecule has 0 spiro atoms. The topological polar surface area (TPSA) is 98.3 Å². The van der Waals surface area contributed by atoms with Crippen LogP contribution in [0, 0.1) is 35.5 Å². The van der Waals surface area contributed by atoms with Gasteiger partial charge in [0.25, 0.3) is 5.56 Å². The number of nitrogens with one attached hydrogen (secondary N) is 1. The van der Waals surface area contributed by atoms with E-state index in [0.717, 1.165) is 5.56 Å². The monoisotopic (exact) mass is 479 g/mol. The van der Waals surface area contributed by atoms with Gasteiger partial charge < -0.3 is 0 Å². The molecule has 0 bridgehead atoms. The van der Waals surface area contributed by atoms with Gasteiger partial charge in [-0.3, -0.25) is 9.89 Å². The minimum atomic E-state index is -1.05. The van der Waals surface area contributed by atoms with E-state index in [4.69, 9.17) is 23.2 Å². The summed E-state index contributed by atoms with van der Waals surface area (Å²) >= 11 is 13.3. The molecule has 0 aliphatic heterocycles. The molecule has 158 valence electrons. The highest BCUT2D eigenvalue weighted by Crippen LogP contribution is 2.33. The van der Waals surface area contributed by atoms with Crippen LogP contribution in [0.15, 0.2) is 58.7 Å². The van der Waals surface area contributed by atoms with Gasteiger partial charge in [0.2, 0.25) is 5.13 Å². The van der Waals surface area contributed by atoms with Crippen molar-refractivity contribution in [2.24, 2.45) is 5.92 Å². The standard InChI is InChI=1S/C23H15Cl2N5OS/c1-13-20(21(16(10-26)11-27)15-4-8-18(25)9-5-15)22(31)30(29-13)23-28-19(12-32-23)14-2-6-17(24)7-3-14/h2-9,12,16,21,29H,1H3/t21-/m1/s1. The van der Waals surface area contributed by atoms with E-state index in [1.807, 2.05) is 29.7 Å². The van der Waals surface area contributed by atoms with Gasteiger partial charge in [-0.25, -0.2) is 4.98 Å². The van der Waals surface area contributed by atoms with Crippen LogP contribution >= 0.6 is 34.5 Å². The van der Waals surface area contributed by atoms with Gasteiger partial charge in [0.1, 0.15) is 5.92 Å². The lowest BCUT2D eigenvalue weighted by Crippen LogP contribution is -2.23. The SMILES string of the molecule is Cc1[nH]n(-c2nc(-c3ccc(Cl)cc3)cs2)c(=O)c1[C@H](c1ccc(Cl)cc1)C(C#N)C#N. The molecule has 0 aliphatic rings. The van der Waals surface area contributed by atoms with Crippen LogP contribution in [0.5, 0.6) is 0 Å². The Balaban J connectivity index is 1.81. The quantitative estimate of drug-likeness (QED) is 0.396. The number of hydrogen-bond donors (Lipinski definition) is 1. The predicted molar refractivity (Wildman–Crippen MR) is 125 cm³/mol.